The van der Waals surface area contributed by atoms with Gasteiger partial charge in [-0.25, -0.2) is 4.79 Å². The normalized spacial score (nSPS) is 15.6. The van der Waals surface area contributed by atoms with Crippen LogP contribution >= 0.6 is 11.8 Å². The zero-order chi connectivity index (χ0) is 27.2. The molecule has 0 bridgehead atoms. The average Bonchev–Trinajstić information content (AvgIpc) is 2.84. The molecule has 4 N–H and O–H groups in total. The van der Waals surface area contributed by atoms with Gasteiger partial charge in [-0.3, -0.25) is 9.59 Å². The van der Waals surface area contributed by atoms with Crippen LogP contribution < -0.4 is 9.64 Å². The number of carboxylic acid groups (broad SMARTS) is 3. The van der Waals surface area contributed by atoms with Crippen molar-refractivity contribution in [2.45, 2.75) is 41.1 Å². The van der Waals surface area contributed by atoms with Crippen LogP contribution in [0, 0.1) is 5.92 Å². The number of methoxy groups -OCH3 is 1. The Balaban J connectivity index is 0.000000251. The molecule has 2 aliphatic heterocycles. The minimum Gasteiger partial charge on any atom is -0.497 e. The van der Waals surface area contributed by atoms with E-state index in [2.05, 4.69) is 59.3 Å². The number of aliphatic hydroxyl groups is 1. The van der Waals surface area contributed by atoms with Gasteiger partial charge in [0.1, 0.15) is 5.75 Å². The largest absolute Gasteiger partial charge is 0.497 e. The van der Waals surface area contributed by atoms with Crippen molar-refractivity contribution < 1.29 is 39.5 Å². The summed E-state index contributed by atoms with van der Waals surface area (Å²) in [5.41, 5.74) is -0.0741. The highest BCUT2D eigenvalue weighted by Gasteiger charge is 2.40. The second-order valence-electron chi connectivity index (χ2n) is 9.24. The van der Waals surface area contributed by atoms with E-state index in [4.69, 9.17) is 25.2 Å². The van der Waals surface area contributed by atoms with E-state index in [0.717, 1.165) is 18.2 Å². The molecule has 0 aliphatic carbocycles. The quantitative estimate of drug-likeness (QED) is 0.396. The van der Waals surface area contributed by atoms with Gasteiger partial charge in [0.25, 0.3) is 0 Å². The molecule has 37 heavy (non-hydrogen) atoms. The second-order valence-corrected chi connectivity index (χ2v) is 10.3. The molecule has 10 nitrogen and oxygen atoms in total. The Hall–Kier alpha value is -3.28. The molecule has 0 radical (unpaired) electrons. The molecule has 2 heterocycles. The number of hydrogen-bond donors (Lipinski definition) is 4. The predicted octanol–water partition coefficient (Wildman–Crippen LogP) is 3.39. The van der Waals surface area contributed by atoms with E-state index in [1.807, 2.05) is 11.8 Å². The summed E-state index contributed by atoms with van der Waals surface area (Å²) in [7, 11) is 3.96. The smallest absolute Gasteiger partial charge is 0.336 e. The van der Waals surface area contributed by atoms with E-state index in [9.17, 15) is 14.4 Å². The van der Waals surface area contributed by atoms with Gasteiger partial charge in [0, 0.05) is 16.3 Å². The maximum Gasteiger partial charge on any atom is 0.336 e. The summed E-state index contributed by atoms with van der Waals surface area (Å²) in [6, 6.07) is 15.2. The summed E-state index contributed by atoms with van der Waals surface area (Å²) < 4.78 is 5.43. The lowest BCUT2D eigenvalue weighted by Crippen LogP contribution is -2.42. The summed E-state index contributed by atoms with van der Waals surface area (Å²) in [5, 5.41) is 33.8. The minimum atomic E-state index is -2.74. The molecule has 0 unspecified atom stereocenters. The summed E-state index contributed by atoms with van der Waals surface area (Å²) in [6.07, 6.45) is 0.283. The van der Waals surface area contributed by atoms with Gasteiger partial charge in [0.05, 0.1) is 31.3 Å². The van der Waals surface area contributed by atoms with Crippen molar-refractivity contribution in [1.82, 2.24) is 4.90 Å². The van der Waals surface area contributed by atoms with Gasteiger partial charge in [0.15, 0.2) is 5.60 Å². The highest BCUT2D eigenvalue weighted by molar-refractivity contribution is 7.99. The zero-order valence-corrected chi connectivity index (χ0v) is 21.6. The van der Waals surface area contributed by atoms with E-state index in [0.29, 0.717) is 0 Å². The Morgan fingerprint density at radius 3 is 2.14 bits per heavy atom. The first-order valence-electron chi connectivity index (χ1n) is 11.8. The highest BCUT2D eigenvalue weighted by Crippen LogP contribution is 2.49. The van der Waals surface area contributed by atoms with Crippen LogP contribution in [-0.4, -0.2) is 82.6 Å². The topological polar surface area (TPSA) is 148 Å². The lowest BCUT2D eigenvalue weighted by molar-refractivity contribution is -0.170. The molecule has 2 aliphatic rings. The number of hydrogen-bond acceptors (Lipinski definition) is 8. The van der Waals surface area contributed by atoms with Gasteiger partial charge in [-0.15, -0.1) is 0 Å². The third-order valence-electron chi connectivity index (χ3n) is 6.40. The fraction of sp³-hybridized carbons (Fsp3) is 0.423. The highest BCUT2D eigenvalue weighted by atomic mass is 32.2. The average molecular weight is 533 g/mol. The molecule has 200 valence electrons. The Bertz CT molecular complexity index is 1120. The molecule has 2 aromatic rings. The van der Waals surface area contributed by atoms with Crippen molar-refractivity contribution >= 4 is 41.0 Å². The van der Waals surface area contributed by atoms with Crippen LogP contribution in [0.4, 0.5) is 11.4 Å². The number of anilines is 2. The van der Waals surface area contributed by atoms with Gasteiger partial charge in [0.2, 0.25) is 0 Å². The van der Waals surface area contributed by atoms with Gasteiger partial charge in [-0.2, -0.15) is 0 Å². The summed E-state index contributed by atoms with van der Waals surface area (Å²) in [6.45, 7) is 3.53. The first-order valence-corrected chi connectivity index (χ1v) is 12.6. The molecule has 0 spiro atoms. The Labute approximate surface area is 219 Å². The molecular weight excluding hydrogens is 500 g/mol. The minimum absolute atomic E-state index is 0.757. The maximum absolute atomic E-state index is 10.3. The number of carbonyl (C=O) groups is 3. The Kier molecular flexibility index (Phi) is 9.41. The van der Waals surface area contributed by atoms with Crippen molar-refractivity contribution in [3.05, 3.63) is 42.5 Å². The number of carboxylic acids is 3. The number of nitrogens with zero attached hydrogens (tertiary/aromatic N) is 2. The van der Waals surface area contributed by atoms with Gasteiger partial charge in [-0.05, 0) is 69.2 Å². The van der Waals surface area contributed by atoms with E-state index in [-0.39, 0.29) is 0 Å². The Morgan fingerprint density at radius 1 is 0.973 bits per heavy atom. The third kappa shape index (κ3) is 7.37. The van der Waals surface area contributed by atoms with Crippen molar-refractivity contribution in [1.29, 1.82) is 0 Å². The number of benzene rings is 2. The zero-order valence-electron chi connectivity index (χ0n) is 20.8. The van der Waals surface area contributed by atoms with E-state index < -0.39 is 36.4 Å². The van der Waals surface area contributed by atoms with E-state index in [1.165, 1.54) is 47.1 Å². The van der Waals surface area contributed by atoms with Crippen LogP contribution in [0.5, 0.6) is 5.75 Å². The third-order valence-corrected chi connectivity index (χ3v) is 7.51. The van der Waals surface area contributed by atoms with Crippen LogP contribution in [0.1, 0.15) is 25.7 Å². The van der Waals surface area contributed by atoms with Gasteiger partial charge >= 0.3 is 17.9 Å². The molecular formula is C26H32N2O8S. The number of ether oxygens (including phenoxy) is 1. The first kappa shape index (κ1) is 28.3. The van der Waals surface area contributed by atoms with E-state index in [1.54, 1.807) is 7.11 Å². The van der Waals surface area contributed by atoms with Crippen molar-refractivity contribution in [2.75, 3.05) is 38.7 Å². The number of fused-ring (bicyclic) bond motifs is 2. The van der Waals surface area contributed by atoms with E-state index >= 15 is 0 Å². The van der Waals surface area contributed by atoms with Crippen LogP contribution in [0.2, 0.25) is 0 Å². The molecule has 0 saturated carbocycles. The second kappa shape index (κ2) is 12.3. The number of aliphatic carboxylic acids is 3. The molecule has 2 aromatic carbocycles. The van der Waals surface area contributed by atoms with Crippen LogP contribution in [0.3, 0.4) is 0 Å². The number of likely N-dealkylation sites (tertiary alicyclic amines) is 1. The monoisotopic (exact) mass is 532 g/mol. The lowest BCUT2D eigenvalue weighted by atomic mass is 9.96. The van der Waals surface area contributed by atoms with Crippen molar-refractivity contribution in [3.63, 3.8) is 0 Å². The van der Waals surface area contributed by atoms with Crippen LogP contribution in [0.25, 0.3) is 0 Å². The van der Waals surface area contributed by atoms with Crippen LogP contribution in [0.15, 0.2) is 52.3 Å². The molecule has 0 aromatic heterocycles. The molecule has 1 saturated heterocycles. The number of para-hydroxylation sites is 1. The van der Waals surface area contributed by atoms with Crippen molar-refractivity contribution in [2.24, 2.45) is 5.92 Å². The molecule has 11 heteroatoms. The van der Waals surface area contributed by atoms with Crippen LogP contribution in [-0.2, 0) is 14.4 Å². The number of rotatable bonds is 8. The number of piperidine rings is 1. The maximum atomic E-state index is 10.3. The molecule has 0 atom stereocenters. The molecule has 0 amide bonds. The summed E-state index contributed by atoms with van der Waals surface area (Å²) in [4.78, 5) is 38.1. The van der Waals surface area contributed by atoms with Gasteiger partial charge in [-0.1, -0.05) is 23.9 Å². The Morgan fingerprint density at radius 2 is 1.57 bits per heavy atom. The van der Waals surface area contributed by atoms with Crippen molar-refractivity contribution in [3.8, 4) is 5.75 Å². The fourth-order valence-corrected chi connectivity index (χ4v) is 5.48. The molecule has 1 fully saturated rings. The summed E-state index contributed by atoms with van der Waals surface area (Å²) >= 11 is 1.85. The predicted molar refractivity (Wildman–Crippen MR) is 138 cm³/mol. The lowest BCUT2D eigenvalue weighted by Gasteiger charge is -2.37. The SMILES string of the molecule is COc1ccc2c(c1)Sc1ccccc1N2CC1CCN(C)CC1.O=C(O)CC(O)(CC(=O)O)C(=O)O. The molecule has 4 rings (SSSR count). The standard InChI is InChI=1S/C20H24N2OS.C6H8O7/c1-21-11-9-15(10-12-21)14-22-17-5-3-4-6-19(17)24-20-13-16(23-2)7-8-18(20)22;7-3(8)1-6(13,5(11)12)2-4(9)10/h3-8,13,15H,9-12,14H2,1-2H3;13H,1-2H2,(H,7,8)(H,9,10)(H,11,12). The fourth-order valence-electron chi connectivity index (χ4n) is 4.35. The first-order chi connectivity index (χ1) is 17.5. The summed E-state index contributed by atoms with van der Waals surface area (Å²) in [5.74, 6) is -3.33. The van der Waals surface area contributed by atoms with Gasteiger partial charge < -0.3 is 35.0 Å².